The highest BCUT2D eigenvalue weighted by Gasteiger charge is 2.07. The summed E-state index contributed by atoms with van der Waals surface area (Å²) in [6, 6.07) is 0. The average Bonchev–Trinajstić information content (AvgIpc) is 2.77. The van der Waals surface area contributed by atoms with Crippen LogP contribution >= 0.6 is 0 Å². The SMILES string of the molecule is CCOc1ncnc(NCc2cnn(C)c2)c1C. The fourth-order valence-electron chi connectivity index (χ4n) is 1.64. The van der Waals surface area contributed by atoms with Gasteiger partial charge in [-0.3, -0.25) is 4.68 Å². The van der Waals surface area contributed by atoms with Crippen LogP contribution in [0.2, 0.25) is 0 Å². The molecule has 96 valence electrons. The highest BCUT2D eigenvalue weighted by molar-refractivity contribution is 5.47. The third-order valence-corrected chi connectivity index (χ3v) is 2.54. The number of nitrogens with one attached hydrogen (secondary N) is 1. The van der Waals surface area contributed by atoms with E-state index in [9.17, 15) is 0 Å². The van der Waals surface area contributed by atoms with Crippen LogP contribution in [-0.4, -0.2) is 26.4 Å². The Balaban J connectivity index is 2.07. The summed E-state index contributed by atoms with van der Waals surface area (Å²) < 4.78 is 7.20. The number of ether oxygens (including phenoxy) is 1. The quantitative estimate of drug-likeness (QED) is 0.868. The van der Waals surface area contributed by atoms with E-state index in [-0.39, 0.29) is 0 Å². The van der Waals surface area contributed by atoms with Crippen molar-refractivity contribution in [2.75, 3.05) is 11.9 Å². The number of hydrogen-bond donors (Lipinski definition) is 1. The lowest BCUT2D eigenvalue weighted by molar-refractivity contribution is 0.324. The first-order chi connectivity index (χ1) is 8.70. The van der Waals surface area contributed by atoms with Gasteiger partial charge in [-0.2, -0.15) is 5.10 Å². The minimum absolute atomic E-state index is 0.597. The third kappa shape index (κ3) is 2.77. The van der Waals surface area contributed by atoms with Gasteiger partial charge in [-0.1, -0.05) is 0 Å². The Hall–Kier alpha value is -2.11. The maximum atomic E-state index is 5.43. The Kier molecular flexibility index (Phi) is 3.76. The van der Waals surface area contributed by atoms with Crippen molar-refractivity contribution in [1.82, 2.24) is 19.7 Å². The number of nitrogens with zero attached hydrogens (tertiary/aromatic N) is 4. The third-order valence-electron chi connectivity index (χ3n) is 2.54. The lowest BCUT2D eigenvalue weighted by Gasteiger charge is -2.10. The van der Waals surface area contributed by atoms with Crippen molar-refractivity contribution in [2.24, 2.45) is 7.05 Å². The normalized spacial score (nSPS) is 10.4. The fraction of sp³-hybridized carbons (Fsp3) is 0.417. The molecule has 0 aliphatic carbocycles. The van der Waals surface area contributed by atoms with E-state index in [1.165, 1.54) is 6.33 Å². The molecule has 0 radical (unpaired) electrons. The summed E-state index contributed by atoms with van der Waals surface area (Å²) >= 11 is 0. The van der Waals surface area contributed by atoms with Gasteiger partial charge in [0.1, 0.15) is 12.1 Å². The van der Waals surface area contributed by atoms with E-state index < -0.39 is 0 Å². The molecule has 2 rings (SSSR count). The van der Waals surface area contributed by atoms with Crippen molar-refractivity contribution in [3.8, 4) is 5.88 Å². The molecule has 18 heavy (non-hydrogen) atoms. The van der Waals surface area contributed by atoms with Gasteiger partial charge in [0, 0.05) is 25.4 Å². The van der Waals surface area contributed by atoms with Crippen molar-refractivity contribution in [2.45, 2.75) is 20.4 Å². The van der Waals surface area contributed by atoms with Crippen LogP contribution in [-0.2, 0) is 13.6 Å². The first kappa shape index (κ1) is 12.3. The van der Waals surface area contributed by atoms with Crippen molar-refractivity contribution in [1.29, 1.82) is 0 Å². The molecule has 0 saturated carbocycles. The number of aryl methyl sites for hydroxylation is 1. The number of hydrogen-bond acceptors (Lipinski definition) is 5. The van der Waals surface area contributed by atoms with E-state index in [1.807, 2.05) is 33.3 Å². The highest BCUT2D eigenvalue weighted by Crippen LogP contribution is 2.20. The topological polar surface area (TPSA) is 64.9 Å². The molecule has 0 fully saturated rings. The first-order valence-corrected chi connectivity index (χ1v) is 5.86. The summed E-state index contributed by atoms with van der Waals surface area (Å²) in [5.74, 6) is 1.42. The van der Waals surface area contributed by atoms with Gasteiger partial charge in [0.15, 0.2) is 0 Å². The average molecular weight is 247 g/mol. The number of rotatable bonds is 5. The van der Waals surface area contributed by atoms with Crippen LogP contribution in [0, 0.1) is 6.92 Å². The van der Waals surface area contributed by atoms with Crippen LogP contribution in [0.3, 0.4) is 0 Å². The fourth-order valence-corrected chi connectivity index (χ4v) is 1.64. The molecule has 6 heteroatoms. The molecule has 1 N–H and O–H groups in total. The summed E-state index contributed by atoms with van der Waals surface area (Å²) in [6.07, 6.45) is 5.30. The Morgan fingerprint density at radius 3 is 2.89 bits per heavy atom. The van der Waals surface area contributed by atoms with Crippen LogP contribution in [0.1, 0.15) is 18.1 Å². The maximum Gasteiger partial charge on any atom is 0.221 e. The van der Waals surface area contributed by atoms with Gasteiger partial charge in [-0.25, -0.2) is 9.97 Å². The van der Waals surface area contributed by atoms with Crippen molar-refractivity contribution < 1.29 is 4.74 Å². The lowest BCUT2D eigenvalue weighted by Crippen LogP contribution is -2.05. The van der Waals surface area contributed by atoms with E-state index >= 15 is 0 Å². The molecular weight excluding hydrogens is 230 g/mol. The van der Waals surface area contributed by atoms with Gasteiger partial charge in [-0.15, -0.1) is 0 Å². The van der Waals surface area contributed by atoms with E-state index in [2.05, 4.69) is 20.4 Å². The van der Waals surface area contributed by atoms with Crippen molar-refractivity contribution in [3.63, 3.8) is 0 Å². The van der Waals surface area contributed by atoms with Gasteiger partial charge < -0.3 is 10.1 Å². The second kappa shape index (κ2) is 5.48. The van der Waals surface area contributed by atoms with Gasteiger partial charge in [-0.05, 0) is 13.8 Å². The molecule has 2 aromatic rings. The Labute approximate surface area is 106 Å². The molecule has 0 aliphatic heterocycles. The van der Waals surface area contributed by atoms with Gasteiger partial charge in [0.05, 0.1) is 18.4 Å². The minimum Gasteiger partial charge on any atom is -0.478 e. The summed E-state index contributed by atoms with van der Waals surface area (Å²) in [6.45, 7) is 5.15. The molecule has 0 saturated heterocycles. The van der Waals surface area contributed by atoms with Crippen LogP contribution in [0.4, 0.5) is 5.82 Å². The lowest BCUT2D eigenvalue weighted by atomic mass is 10.3. The van der Waals surface area contributed by atoms with Crippen LogP contribution in [0.15, 0.2) is 18.7 Å². The summed E-state index contributed by atoms with van der Waals surface area (Å²) in [5.41, 5.74) is 2.02. The molecule has 0 spiro atoms. The highest BCUT2D eigenvalue weighted by atomic mass is 16.5. The zero-order valence-corrected chi connectivity index (χ0v) is 10.8. The molecule has 2 heterocycles. The summed E-state index contributed by atoms with van der Waals surface area (Å²) in [4.78, 5) is 8.31. The van der Waals surface area contributed by atoms with Crippen molar-refractivity contribution in [3.05, 3.63) is 29.8 Å². The zero-order chi connectivity index (χ0) is 13.0. The molecule has 0 aliphatic rings. The monoisotopic (exact) mass is 247 g/mol. The van der Waals surface area contributed by atoms with E-state index in [1.54, 1.807) is 4.68 Å². The second-order valence-corrected chi connectivity index (χ2v) is 3.96. The predicted molar refractivity (Wildman–Crippen MR) is 68.5 cm³/mol. The Bertz CT molecular complexity index is 523. The van der Waals surface area contributed by atoms with Gasteiger partial charge in [0.2, 0.25) is 5.88 Å². The molecule has 0 unspecified atom stereocenters. The van der Waals surface area contributed by atoms with E-state index in [0.717, 1.165) is 16.9 Å². The number of aromatic nitrogens is 4. The molecular formula is C12H17N5O. The Morgan fingerprint density at radius 1 is 1.39 bits per heavy atom. The minimum atomic E-state index is 0.597. The molecule has 0 atom stereocenters. The van der Waals surface area contributed by atoms with Gasteiger partial charge >= 0.3 is 0 Å². The van der Waals surface area contributed by atoms with Crippen LogP contribution in [0.25, 0.3) is 0 Å². The molecule has 0 amide bonds. The smallest absolute Gasteiger partial charge is 0.221 e. The summed E-state index contributed by atoms with van der Waals surface area (Å²) in [7, 11) is 1.90. The molecule has 0 aromatic carbocycles. The maximum absolute atomic E-state index is 5.43. The number of anilines is 1. The second-order valence-electron chi connectivity index (χ2n) is 3.96. The Morgan fingerprint density at radius 2 is 2.22 bits per heavy atom. The standard InChI is InChI=1S/C12H17N5O/c1-4-18-12-9(2)11(14-8-15-12)13-5-10-6-16-17(3)7-10/h6-8H,4-5H2,1-3H3,(H,13,14,15). The molecule has 6 nitrogen and oxygen atoms in total. The van der Waals surface area contributed by atoms with Gasteiger partial charge in [0.25, 0.3) is 0 Å². The van der Waals surface area contributed by atoms with Crippen molar-refractivity contribution >= 4 is 5.82 Å². The molecule has 2 aromatic heterocycles. The largest absolute Gasteiger partial charge is 0.478 e. The zero-order valence-electron chi connectivity index (χ0n) is 10.8. The van der Waals surface area contributed by atoms with Crippen LogP contribution < -0.4 is 10.1 Å². The predicted octanol–water partition coefficient (Wildman–Crippen LogP) is 1.53. The molecule has 0 bridgehead atoms. The van der Waals surface area contributed by atoms with E-state index in [4.69, 9.17) is 4.74 Å². The first-order valence-electron chi connectivity index (χ1n) is 5.86. The summed E-state index contributed by atoms with van der Waals surface area (Å²) in [5, 5.41) is 7.37. The van der Waals surface area contributed by atoms with Crippen LogP contribution in [0.5, 0.6) is 5.88 Å². The van der Waals surface area contributed by atoms with E-state index in [0.29, 0.717) is 19.0 Å².